The molecule has 2 rings (SSSR count). The Morgan fingerprint density at radius 1 is 1.26 bits per heavy atom. The first kappa shape index (κ1) is 13.4. The number of imidazole rings is 1. The van der Waals surface area contributed by atoms with Gasteiger partial charge in [0.15, 0.2) is 5.03 Å². The van der Waals surface area contributed by atoms with Gasteiger partial charge in [-0.05, 0) is 38.1 Å². The Morgan fingerprint density at radius 2 is 1.95 bits per heavy atom. The summed E-state index contributed by atoms with van der Waals surface area (Å²) in [4.78, 5) is 6.23. The van der Waals surface area contributed by atoms with Crippen molar-refractivity contribution in [3.8, 4) is 5.75 Å². The Morgan fingerprint density at radius 3 is 2.47 bits per heavy atom. The zero-order valence-corrected chi connectivity index (χ0v) is 11.4. The SMILES string of the molecule is CC(C)Oc1ccc(NS(=O)(=O)c2cnc[nH]2)cc1. The molecule has 1 heterocycles. The van der Waals surface area contributed by atoms with Crippen LogP contribution in [0, 0.1) is 0 Å². The van der Waals surface area contributed by atoms with Crippen molar-refractivity contribution in [1.82, 2.24) is 9.97 Å². The van der Waals surface area contributed by atoms with Crippen molar-refractivity contribution in [1.29, 1.82) is 0 Å². The van der Waals surface area contributed by atoms with E-state index in [0.717, 1.165) is 0 Å². The number of H-pyrrole nitrogens is 1. The highest BCUT2D eigenvalue weighted by atomic mass is 32.2. The third-order valence-corrected chi connectivity index (χ3v) is 3.55. The fourth-order valence-corrected chi connectivity index (χ4v) is 2.44. The Balaban J connectivity index is 2.12. The lowest BCUT2D eigenvalue weighted by atomic mass is 10.3. The van der Waals surface area contributed by atoms with Crippen LogP contribution in [0.3, 0.4) is 0 Å². The first-order chi connectivity index (χ1) is 8.97. The van der Waals surface area contributed by atoms with Crippen molar-refractivity contribution in [2.24, 2.45) is 0 Å². The van der Waals surface area contributed by atoms with E-state index in [1.54, 1.807) is 24.3 Å². The van der Waals surface area contributed by atoms with Gasteiger partial charge in [0.1, 0.15) is 5.75 Å². The number of benzene rings is 1. The van der Waals surface area contributed by atoms with Gasteiger partial charge in [0, 0.05) is 5.69 Å². The summed E-state index contributed by atoms with van der Waals surface area (Å²) in [6, 6.07) is 6.72. The first-order valence-electron chi connectivity index (χ1n) is 5.75. The minimum atomic E-state index is -3.61. The molecule has 1 aromatic heterocycles. The molecule has 2 aromatic rings. The molecule has 2 N–H and O–H groups in total. The highest BCUT2D eigenvalue weighted by molar-refractivity contribution is 7.92. The summed E-state index contributed by atoms with van der Waals surface area (Å²) in [5, 5.41) is 0.0232. The number of sulfonamides is 1. The van der Waals surface area contributed by atoms with Crippen molar-refractivity contribution < 1.29 is 13.2 Å². The molecule has 19 heavy (non-hydrogen) atoms. The largest absolute Gasteiger partial charge is 0.491 e. The quantitative estimate of drug-likeness (QED) is 0.878. The number of ether oxygens (including phenoxy) is 1. The van der Waals surface area contributed by atoms with E-state index in [1.807, 2.05) is 13.8 Å². The molecule has 102 valence electrons. The number of rotatable bonds is 5. The van der Waals surface area contributed by atoms with E-state index < -0.39 is 10.0 Å². The van der Waals surface area contributed by atoms with E-state index in [4.69, 9.17) is 4.74 Å². The number of nitrogens with zero attached hydrogens (tertiary/aromatic N) is 1. The Bertz CT molecular complexity index is 619. The van der Waals surface area contributed by atoms with Gasteiger partial charge < -0.3 is 9.72 Å². The molecule has 0 fully saturated rings. The topological polar surface area (TPSA) is 84.1 Å². The van der Waals surface area contributed by atoms with Gasteiger partial charge in [-0.3, -0.25) is 4.72 Å². The summed E-state index contributed by atoms with van der Waals surface area (Å²) in [5.74, 6) is 0.694. The fraction of sp³-hybridized carbons (Fsp3) is 0.250. The van der Waals surface area contributed by atoms with E-state index in [-0.39, 0.29) is 11.1 Å². The van der Waals surface area contributed by atoms with Gasteiger partial charge in [-0.15, -0.1) is 0 Å². The molecule has 0 radical (unpaired) electrons. The predicted molar refractivity (Wildman–Crippen MR) is 71.6 cm³/mol. The minimum Gasteiger partial charge on any atom is -0.491 e. The molecule has 0 aliphatic heterocycles. The molecule has 0 atom stereocenters. The van der Waals surface area contributed by atoms with Gasteiger partial charge in [0.25, 0.3) is 10.0 Å². The lowest BCUT2D eigenvalue weighted by Gasteiger charge is -2.10. The van der Waals surface area contributed by atoms with Gasteiger partial charge in [-0.25, -0.2) is 4.98 Å². The third kappa shape index (κ3) is 3.47. The van der Waals surface area contributed by atoms with E-state index in [1.165, 1.54) is 12.5 Å². The van der Waals surface area contributed by atoms with Crippen LogP contribution in [0.15, 0.2) is 41.8 Å². The lowest BCUT2D eigenvalue weighted by Crippen LogP contribution is -2.13. The average Bonchev–Trinajstić information content (AvgIpc) is 2.85. The van der Waals surface area contributed by atoms with Gasteiger partial charge >= 0.3 is 0 Å². The summed E-state index contributed by atoms with van der Waals surface area (Å²) in [7, 11) is -3.61. The first-order valence-corrected chi connectivity index (χ1v) is 7.23. The molecule has 6 nitrogen and oxygen atoms in total. The average molecular weight is 281 g/mol. The maximum atomic E-state index is 11.9. The van der Waals surface area contributed by atoms with Gasteiger partial charge in [0.2, 0.25) is 0 Å². The van der Waals surface area contributed by atoms with Crippen LogP contribution in [0.1, 0.15) is 13.8 Å². The van der Waals surface area contributed by atoms with Crippen LogP contribution in [0.4, 0.5) is 5.69 Å². The van der Waals surface area contributed by atoms with Crippen LogP contribution in [0.25, 0.3) is 0 Å². The molecule has 0 aliphatic rings. The van der Waals surface area contributed by atoms with Crippen molar-refractivity contribution >= 4 is 15.7 Å². The monoisotopic (exact) mass is 281 g/mol. The maximum Gasteiger partial charge on any atom is 0.278 e. The van der Waals surface area contributed by atoms with E-state index in [0.29, 0.717) is 11.4 Å². The number of nitrogens with one attached hydrogen (secondary N) is 2. The van der Waals surface area contributed by atoms with Crippen molar-refractivity contribution in [3.63, 3.8) is 0 Å². The number of hydrogen-bond donors (Lipinski definition) is 2. The maximum absolute atomic E-state index is 11.9. The van der Waals surface area contributed by atoms with E-state index >= 15 is 0 Å². The molecule has 0 aliphatic carbocycles. The summed E-state index contributed by atoms with van der Waals surface area (Å²) in [6.45, 7) is 3.85. The minimum absolute atomic E-state index is 0.0232. The molecule has 0 saturated carbocycles. The second-order valence-electron chi connectivity index (χ2n) is 4.21. The lowest BCUT2D eigenvalue weighted by molar-refractivity contribution is 0.242. The molecular formula is C12H15N3O3S. The predicted octanol–water partition coefficient (Wildman–Crippen LogP) is 2.00. The van der Waals surface area contributed by atoms with Crippen LogP contribution < -0.4 is 9.46 Å². The normalized spacial score (nSPS) is 11.5. The smallest absolute Gasteiger partial charge is 0.278 e. The van der Waals surface area contributed by atoms with E-state index in [9.17, 15) is 8.42 Å². The van der Waals surface area contributed by atoms with Crippen LogP contribution in [0.5, 0.6) is 5.75 Å². The highest BCUT2D eigenvalue weighted by Gasteiger charge is 2.15. The molecular weight excluding hydrogens is 266 g/mol. The Labute approximate surface area is 111 Å². The number of aromatic amines is 1. The third-order valence-electron chi connectivity index (χ3n) is 2.24. The summed E-state index contributed by atoms with van der Waals surface area (Å²) < 4.78 is 31.7. The second-order valence-corrected chi connectivity index (χ2v) is 5.86. The molecule has 1 aromatic carbocycles. The number of anilines is 1. The molecule has 0 amide bonds. The highest BCUT2D eigenvalue weighted by Crippen LogP contribution is 2.19. The summed E-state index contributed by atoms with van der Waals surface area (Å²) >= 11 is 0. The van der Waals surface area contributed by atoms with Gasteiger partial charge in [0.05, 0.1) is 18.6 Å². The van der Waals surface area contributed by atoms with Crippen LogP contribution in [-0.2, 0) is 10.0 Å². The van der Waals surface area contributed by atoms with Crippen LogP contribution in [-0.4, -0.2) is 24.5 Å². The Hall–Kier alpha value is -2.02. The standard InChI is InChI=1S/C12H15N3O3S/c1-9(2)18-11-5-3-10(4-6-11)15-19(16,17)12-7-13-8-14-12/h3-9,15H,1-2H3,(H,13,14). The molecule has 0 unspecified atom stereocenters. The molecule has 0 spiro atoms. The molecule has 0 bridgehead atoms. The van der Waals surface area contributed by atoms with Crippen molar-refractivity contribution in [2.75, 3.05) is 4.72 Å². The molecule has 0 saturated heterocycles. The molecule has 7 heteroatoms. The zero-order chi connectivity index (χ0) is 13.9. The van der Waals surface area contributed by atoms with Crippen molar-refractivity contribution in [2.45, 2.75) is 25.0 Å². The van der Waals surface area contributed by atoms with E-state index in [2.05, 4.69) is 14.7 Å². The summed E-state index contributed by atoms with van der Waals surface area (Å²) in [6.07, 6.45) is 2.64. The van der Waals surface area contributed by atoms with Crippen molar-refractivity contribution in [3.05, 3.63) is 36.8 Å². The number of aromatic nitrogens is 2. The number of hydrogen-bond acceptors (Lipinski definition) is 4. The van der Waals surface area contributed by atoms with Crippen LogP contribution in [0.2, 0.25) is 0 Å². The summed E-state index contributed by atoms with van der Waals surface area (Å²) in [5.41, 5.74) is 0.464. The zero-order valence-electron chi connectivity index (χ0n) is 10.6. The second kappa shape index (κ2) is 5.31. The Kier molecular flexibility index (Phi) is 3.75. The van der Waals surface area contributed by atoms with Gasteiger partial charge in [-0.1, -0.05) is 0 Å². The fourth-order valence-electron chi connectivity index (χ4n) is 1.47. The van der Waals surface area contributed by atoms with Crippen LogP contribution >= 0.6 is 0 Å². The van der Waals surface area contributed by atoms with Gasteiger partial charge in [-0.2, -0.15) is 8.42 Å².